The second-order valence-corrected chi connectivity index (χ2v) is 4.08. The Balaban J connectivity index is 2.12. The number of alkyl halides is 2. The van der Waals surface area contributed by atoms with Crippen molar-refractivity contribution >= 4 is 17.5 Å². The van der Waals surface area contributed by atoms with E-state index in [-0.39, 0.29) is 0 Å². The van der Waals surface area contributed by atoms with Crippen LogP contribution in [0.4, 0.5) is 25.0 Å². The zero-order chi connectivity index (χ0) is 13.1. The molecule has 1 aromatic carbocycles. The highest BCUT2D eigenvalue weighted by Gasteiger charge is 2.23. The molecule has 0 bridgehead atoms. The topological polar surface area (TPSA) is 41.6 Å². The number of benzene rings is 1. The monoisotopic (exact) mass is 256 g/mol. The third kappa shape index (κ3) is 2.69. The summed E-state index contributed by atoms with van der Waals surface area (Å²) in [7, 11) is 0. The number of nitrogens with one attached hydrogen (secondary N) is 1. The van der Waals surface area contributed by atoms with Gasteiger partial charge in [0.15, 0.2) is 0 Å². The summed E-state index contributed by atoms with van der Waals surface area (Å²) in [5, 5.41) is 2.69. The number of nitrogens with zero attached hydrogens (tertiary/aromatic N) is 1. The predicted octanol–water partition coefficient (Wildman–Crippen LogP) is 2.71. The maximum Gasteiger partial charge on any atom is 0.414 e. The standard InChI is InChI=1S/C12H14F2N2O2/c1-8(11(13)14)15-9-3-2-4-10(7-9)16-5-6-18-12(16)17/h2-4,7-8,11,15H,5-6H2,1H3. The number of halogens is 2. The Morgan fingerprint density at radius 2 is 2.22 bits per heavy atom. The van der Waals surface area contributed by atoms with E-state index in [1.165, 1.54) is 11.8 Å². The van der Waals surface area contributed by atoms with Gasteiger partial charge in [0.05, 0.1) is 12.6 Å². The molecule has 1 fully saturated rings. The third-order valence-corrected chi connectivity index (χ3v) is 2.69. The molecule has 1 amide bonds. The van der Waals surface area contributed by atoms with E-state index in [9.17, 15) is 13.6 Å². The first-order chi connectivity index (χ1) is 8.58. The van der Waals surface area contributed by atoms with Gasteiger partial charge in [-0.2, -0.15) is 0 Å². The fraction of sp³-hybridized carbons (Fsp3) is 0.417. The summed E-state index contributed by atoms with van der Waals surface area (Å²) in [6.07, 6.45) is -2.85. The molecule has 1 heterocycles. The molecule has 0 spiro atoms. The Bertz CT molecular complexity index is 440. The zero-order valence-corrected chi connectivity index (χ0v) is 9.90. The molecule has 0 aliphatic carbocycles. The molecule has 0 saturated carbocycles. The summed E-state index contributed by atoms with van der Waals surface area (Å²) in [4.78, 5) is 12.9. The minimum atomic E-state index is -2.44. The molecule has 1 aliphatic rings. The van der Waals surface area contributed by atoms with Crippen molar-refractivity contribution in [3.05, 3.63) is 24.3 Å². The summed E-state index contributed by atoms with van der Waals surface area (Å²) in [6.45, 7) is 2.23. The third-order valence-electron chi connectivity index (χ3n) is 2.69. The van der Waals surface area contributed by atoms with E-state index in [0.29, 0.717) is 24.5 Å². The molecule has 1 unspecified atom stereocenters. The van der Waals surface area contributed by atoms with Crippen LogP contribution < -0.4 is 10.2 Å². The van der Waals surface area contributed by atoms with Crippen LogP contribution in [-0.2, 0) is 4.74 Å². The van der Waals surface area contributed by atoms with Crippen molar-refractivity contribution in [2.24, 2.45) is 0 Å². The maximum atomic E-state index is 12.4. The molecule has 6 heteroatoms. The number of ether oxygens (including phenoxy) is 1. The molecular weight excluding hydrogens is 242 g/mol. The molecule has 1 aromatic rings. The smallest absolute Gasteiger partial charge is 0.414 e. The molecule has 1 atom stereocenters. The van der Waals surface area contributed by atoms with Gasteiger partial charge >= 0.3 is 6.09 Å². The summed E-state index contributed by atoms with van der Waals surface area (Å²) < 4.78 is 29.7. The molecule has 1 N–H and O–H groups in total. The first kappa shape index (κ1) is 12.6. The molecule has 18 heavy (non-hydrogen) atoms. The van der Waals surface area contributed by atoms with Crippen LogP contribution in [-0.4, -0.2) is 31.7 Å². The lowest BCUT2D eigenvalue weighted by Gasteiger charge is -2.17. The van der Waals surface area contributed by atoms with Gasteiger partial charge in [-0.15, -0.1) is 0 Å². The van der Waals surface area contributed by atoms with Crippen molar-refractivity contribution in [3.63, 3.8) is 0 Å². The first-order valence-corrected chi connectivity index (χ1v) is 5.67. The minimum absolute atomic E-state index is 0.351. The van der Waals surface area contributed by atoms with Crippen molar-refractivity contribution in [1.82, 2.24) is 0 Å². The molecule has 2 rings (SSSR count). The lowest BCUT2D eigenvalue weighted by atomic mass is 10.2. The first-order valence-electron chi connectivity index (χ1n) is 5.67. The van der Waals surface area contributed by atoms with Crippen LogP contribution in [0, 0.1) is 0 Å². The number of cyclic esters (lactones) is 1. The van der Waals surface area contributed by atoms with Crippen LogP contribution in [0.5, 0.6) is 0 Å². The Hall–Kier alpha value is -1.85. The van der Waals surface area contributed by atoms with Crippen molar-refractivity contribution in [3.8, 4) is 0 Å². The summed E-state index contributed by atoms with van der Waals surface area (Å²) >= 11 is 0. The zero-order valence-electron chi connectivity index (χ0n) is 9.90. The van der Waals surface area contributed by atoms with Crippen LogP contribution in [0.15, 0.2) is 24.3 Å². The minimum Gasteiger partial charge on any atom is -0.447 e. The quantitative estimate of drug-likeness (QED) is 0.900. The van der Waals surface area contributed by atoms with E-state index >= 15 is 0 Å². The van der Waals surface area contributed by atoms with Gasteiger partial charge in [0, 0.05) is 11.4 Å². The van der Waals surface area contributed by atoms with Gasteiger partial charge in [0.25, 0.3) is 6.43 Å². The number of anilines is 2. The van der Waals surface area contributed by atoms with Gasteiger partial charge in [-0.25, -0.2) is 13.6 Å². The fourth-order valence-corrected chi connectivity index (χ4v) is 1.72. The van der Waals surface area contributed by atoms with Gasteiger partial charge in [-0.1, -0.05) is 6.07 Å². The maximum absolute atomic E-state index is 12.4. The summed E-state index contributed by atoms with van der Waals surface area (Å²) in [5.41, 5.74) is 1.20. The number of hydrogen-bond acceptors (Lipinski definition) is 3. The second-order valence-electron chi connectivity index (χ2n) is 4.08. The van der Waals surface area contributed by atoms with Gasteiger partial charge in [-0.3, -0.25) is 4.90 Å². The Kier molecular flexibility index (Phi) is 3.64. The number of amides is 1. The Morgan fingerprint density at radius 3 is 2.83 bits per heavy atom. The average molecular weight is 256 g/mol. The van der Waals surface area contributed by atoms with Crippen molar-refractivity contribution < 1.29 is 18.3 Å². The largest absolute Gasteiger partial charge is 0.447 e. The van der Waals surface area contributed by atoms with Crippen molar-refractivity contribution in [1.29, 1.82) is 0 Å². The number of carbonyl (C=O) groups is 1. The number of hydrogen-bond donors (Lipinski definition) is 1. The fourth-order valence-electron chi connectivity index (χ4n) is 1.72. The molecule has 1 saturated heterocycles. The van der Waals surface area contributed by atoms with Gasteiger partial charge in [-0.05, 0) is 25.1 Å². The van der Waals surface area contributed by atoms with Crippen LogP contribution >= 0.6 is 0 Å². The van der Waals surface area contributed by atoms with Crippen LogP contribution in [0.1, 0.15) is 6.92 Å². The van der Waals surface area contributed by atoms with Crippen molar-refractivity contribution in [2.45, 2.75) is 19.4 Å². The van der Waals surface area contributed by atoms with Crippen LogP contribution in [0.25, 0.3) is 0 Å². The molecule has 1 aliphatic heterocycles. The van der Waals surface area contributed by atoms with Crippen LogP contribution in [0.3, 0.4) is 0 Å². The van der Waals surface area contributed by atoms with E-state index in [0.717, 1.165) is 0 Å². The van der Waals surface area contributed by atoms with E-state index < -0.39 is 18.6 Å². The highest BCUT2D eigenvalue weighted by molar-refractivity contribution is 5.89. The van der Waals surface area contributed by atoms with E-state index in [2.05, 4.69) is 5.32 Å². The molecule has 0 radical (unpaired) electrons. The molecule has 98 valence electrons. The predicted molar refractivity (Wildman–Crippen MR) is 64.2 cm³/mol. The molecule has 4 nitrogen and oxygen atoms in total. The number of rotatable bonds is 4. The van der Waals surface area contributed by atoms with Gasteiger partial charge in [0.1, 0.15) is 6.61 Å². The second kappa shape index (κ2) is 5.20. The van der Waals surface area contributed by atoms with Gasteiger partial charge in [0.2, 0.25) is 0 Å². The highest BCUT2D eigenvalue weighted by Crippen LogP contribution is 2.23. The van der Waals surface area contributed by atoms with Crippen LogP contribution in [0.2, 0.25) is 0 Å². The highest BCUT2D eigenvalue weighted by atomic mass is 19.3. The SMILES string of the molecule is CC(Nc1cccc(N2CCOC2=O)c1)C(F)F. The molecular formula is C12H14F2N2O2. The summed E-state index contributed by atoms with van der Waals surface area (Å²) in [5.74, 6) is 0. The van der Waals surface area contributed by atoms with Crippen molar-refractivity contribution in [2.75, 3.05) is 23.4 Å². The Morgan fingerprint density at radius 1 is 1.44 bits per heavy atom. The van der Waals surface area contributed by atoms with E-state index in [4.69, 9.17) is 4.74 Å². The molecule has 0 aromatic heterocycles. The summed E-state index contributed by atoms with van der Waals surface area (Å²) in [6, 6.07) is 5.85. The average Bonchev–Trinajstić information content (AvgIpc) is 2.75. The van der Waals surface area contributed by atoms with E-state index in [1.807, 2.05) is 0 Å². The van der Waals surface area contributed by atoms with Gasteiger partial charge < -0.3 is 10.1 Å². The number of carbonyl (C=O) groups excluding carboxylic acids is 1. The Labute approximate surface area is 104 Å². The lowest BCUT2D eigenvalue weighted by Crippen LogP contribution is -2.25. The van der Waals surface area contributed by atoms with E-state index in [1.54, 1.807) is 24.3 Å². The lowest BCUT2D eigenvalue weighted by molar-refractivity contribution is 0.130. The normalized spacial score (nSPS) is 16.9.